The van der Waals surface area contributed by atoms with Gasteiger partial charge in [-0.25, -0.2) is 0 Å². The summed E-state index contributed by atoms with van der Waals surface area (Å²) in [6.45, 7) is 2.11. The highest BCUT2D eigenvalue weighted by molar-refractivity contribution is 5.44. The molecule has 3 rings (SSSR count). The second-order valence-electron chi connectivity index (χ2n) is 5.46. The zero-order chi connectivity index (χ0) is 13.4. The van der Waals surface area contributed by atoms with Crippen LogP contribution in [-0.2, 0) is 4.74 Å². The number of ether oxygens (including phenoxy) is 3. The highest BCUT2D eigenvalue weighted by atomic mass is 16.6. The molecule has 4 nitrogen and oxygen atoms in total. The average molecular weight is 263 g/mol. The lowest BCUT2D eigenvalue weighted by atomic mass is 9.93. The van der Waals surface area contributed by atoms with Crippen LogP contribution >= 0.6 is 0 Å². The van der Waals surface area contributed by atoms with Crippen molar-refractivity contribution >= 4 is 0 Å². The van der Waals surface area contributed by atoms with Crippen molar-refractivity contribution in [2.75, 3.05) is 7.11 Å². The smallest absolute Gasteiger partial charge is 0.128 e. The number of hydrogen-bond acceptors (Lipinski definition) is 4. The molecule has 2 aliphatic rings. The Labute approximate surface area is 113 Å². The van der Waals surface area contributed by atoms with Crippen molar-refractivity contribution in [3.05, 3.63) is 23.8 Å². The molecule has 104 valence electrons. The molecule has 2 heterocycles. The van der Waals surface area contributed by atoms with Crippen molar-refractivity contribution in [2.24, 2.45) is 5.73 Å². The minimum Gasteiger partial charge on any atom is -0.497 e. The number of benzene rings is 1. The van der Waals surface area contributed by atoms with E-state index in [1.165, 1.54) is 0 Å². The van der Waals surface area contributed by atoms with E-state index in [0.717, 1.165) is 36.3 Å². The van der Waals surface area contributed by atoms with Crippen LogP contribution in [-0.4, -0.2) is 25.4 Å². The maximum atomic E-state index is 6.25. The molecule has 4 heteroatoms. The van der Waals surface area contributed by atoms with Gasteiger partial charge in [0.15, 0.2) is 0 Å². The SMILES string of the molecule is COc1ccc2c(c1)OC(C1CCC(C)O1)CC2N. The van der Waals surface area contributed by atoms with Gasteiger partial charge in [0.2, 0.25) is 0 Å². The lowest BCUT2D eigenvalue weighted by Gasteiger charge is -2.33. The number of rotatable bonds is 2. The first-order valence-electron chi connectivity index (χ1n) is 6.93. The van der Waals surface area contributed by atoms with Crippen LogP contribution in [0.2, 0.25) is 0 Å². The standard InChI is InChI=1S/C15H21NO3/c1-9-3-6-13(18-9)15-8-12(16)11-5-4-10(17-2)7-14(11)19-15/h4-5,7,9,12-13,15H,3,6,8,16H2,1-2H3. The van der Waals surface area contributed by atoms with Crippen molar-refractivity contribution < 1.29 is 14.2 Å². The van der Waals surface area contributed by atoms with Crippen molar-refractivity contribution in [1.82, 2.24) is 0 Å². The maximum Gasteiger partial charge on any atom is 0.128 e. The third kappa shape index (κ3) is 2.42. The van der Waals surface area contributed by atoms with Crippen LogP contribution in [0.25, 0.3) is 0 Å². The summed E-state index contributed by atoms with van der Waals surface area (Å²) in [5, 5.41) is 0. The fourth-order valence-electron chi connectivity index (χ4n) is 2.97. The van der Waals surface area contributed by atoms with Crippen molar-refractivity contribution in [1.29, 1.82) is 0 Å². The Morgan fingerprint density at radius 3 is 2.79 bits per heavy atom. The molecule has 0 amide bonds. The molecule has 0 saturated carbocycles. The van der Waals surface area contributed by atoms with Gasteiger partial charge in [-0.2, -0.15) is 0 Å². The minimum atomic E-state index is 0.0131. The predicted molar refractivity (Wildman–Crippen MR) is 72.5 cm³/mol. The Morgan fingerprint density at radius 2 is 2.11 bits per heavy atom. The molecule has 19 heavy (non-hydrogen) atoms. The highest BCUT2D eigenvalue weighted by Crippen LogP contribution is 2.39. The van der Waals surface area contributed by atoms with Gasteiger partial charge in [0.25, 0.3) is 0 Å². The Hall–Kier alpha value is -1.26. The molecule has 4 atom stereocenters. The Morgan fingerprint density at radius 1 is 1.26 bits per heavy atom. The number of hydrogen-bond donors (Lipinski definition) is 1. The summed E-state index contributed by atoms with van der Waals surface area (Å²) >= 11 is 0. The Bertz CT molecular complexity index is 463. The molecular formula is C15H21NO3. The zero-order valence-corrected chi connectivity index (χ0v) is 11.5. The summed E-state index contributed by atoms with van der Waals surface area (Å²) in [4.78, 5) is 0. The summed E-state index contributed by atoms with van der Waals surface area (Å²) in [6.07, 6.45) is 3.52. The Kier molecular flexibility index (Phi) is 3.37. The van der Waals surface area contributed by atoms with Crippen LogP contribution in [0.5, 0.6) is 11.5 Å². The van der Waals surface area contributed by atoms with Crippen LogP contribution in [0.15, 0.2) is 18.2 Å². The first-order valence-corrected chi connectivity index (χ1v) is 6.93. The van der Waals surface area contributed by atoms with Gasteiger partial charge < -0.3 is 19.9 Å². The monoisotopic (exact) mass is 263 g/mol. The summed E-state index contributed by atoms with van der Waals surface area (Å²) in [5.41, 5.74) is 7.31. The van der Waals surface area contributed by atoms with E-state index in [1.807, 2.05) is 18.2 Å². The second kappa shape index (κ2) is 5.02. The van der Waals surface area contributed by atoms with E-state index in [1.54, 1.807) is 7.11 Å². The topological polar surface area (TPSA) is 53.7 Å². The molecule has 0 spiro atoms. The van der Waals surface area contributed by atoms with Gasteiger partial charge in [-0.1, -0.05) is 6.07 Å². The molecule has 1 saturated heterocycles. The molecule has 2 N–H and O–H groups in total. The fourth-order valence-corrected chi connectivity index (χ4v) is 2.97. The third-order valence-electron chi connectivity index (χ3n) is 4.06. The molecular weight excluding hydrogens is 242 g/mol. The minimum absolute atomic E-state index is 0.0131. The Balaban J connectivity index is 1.82. The first-order chi connectivity index (χ1) is 9.17. The van der Waals surface area contributed by atoms with Crippen LogP contribution in [0.4, 0.5) is 0 Å². The average Bonchev–Trinajstić information content (AvgIpc) is 2.84. The molecule has 0 aliphatic carbocycles. The maximum absolute atomic E-state index is 6.25. The van der Waals surface area contributed by atoms with Crippen LogP contribution in [0, 0.1) is 0 Å². The lowest BCUT2D eigenvalue weighted by Crippen LogP contribution is -2.38. The van der Waals surface area contributed by atoms with E-state index in [4.69, 9.17) is 19.9 Å². The number of nitrogens with two attached hydrogens (primary N) is 1. The molecule has 1 fully saturated rings. The van der Waals surface area contributed by atoms with Gasteiger partial charge in [-0.15, -0.1) is 0 Å². The zero-order valence-electron chi connectivity index (χ0n) is 11.5. The van der Waals surface area contributed by atoms with E-state index in [-0.39, 0.29) is 18.2 Å². The highest BCUT2D eigenvalue weighted by Gasteiger charge is 2.36. The van der Waals surface area contributed by atoms with E-state index in [0.29, 0.717) is 6.10 Å². The second-order valence-corrected chi connectivity index (χ2v) is 5.46. The predicted octanol–water partition coefficient (Wildman–Crippen LogP) is 2.41. The van der Waals surface area contributed by atoms with Crippen LogP contribution in [0.3, 0.4) is 0 Å². The van der Waals surface area contributed by atoms with Gasteiger partial charge in [-0.05, 0) is 25.8 Å². The quantitative estimate of drug-likeness (QED) is 0.890. The normalized spacial score (nSPS) is 33.6. The fraction of sp³-hybridized carbons (Fsp3) is 0.600. The van der Waals surface area contributed by atoms with Gasteiger partial charge in [0.05, 0.1) is 19.3 Å². The summed E-state index contributed by atoms with van der Waals surface area (Å²) in [7, 11) is 1.66. The van der Waals surface area contributed by atoms with Crippen molar-refractivity contribution in [3.63, 3.8) is 0 Å². The van der Waals surface area contributed by atoms with Gasteiger partial charge in [-0.3, -0.25) is 0 Å². The van der Waals surface area contributed by atoms with Gasteiger partial charge in [0, 0.05) is 24.1 Å². The van der Waals surface area contributed by atoms with E-state index < -0.39 is 0 Å². The third-order valence-corrected chi connectivity index (χ3v) is 4.06. The number of fused-ring (bicyclic) bond motifs is 1. The largest absolute Gasteiger partial charge is 0.497 e. The lowest BCUT2D eigenvalue weighted by molar-refractivity contribution is -0.0282. The molecule has 1 aromatic rings. The van der Waals surface area contributed by atoms with Crippen molar-refractivity contribution in [3.8, 4) is 11.5 Å². The van der Waals surface area contributed by atoms with E-state index >= 15 is 0 Å². The summed E-state index contributed by atoms with van der Waals surface area (Å²) in [5.74, 6) is 1.64. The summed E-state index contributed by atoms with van der Waals surface area (Å²) in [6, 6.07) is 5.85. The number of methoxy groups -OCH3 is 1. The van der Waals surface area contributed by atoms with Crippen LogP contribution < -0.4 is 15.2 Å². The molecule has 1 aromatic carbocycles. The van der Waals surface area contributed by atoms with Crippen LogP contribution in [0.1, 0.15) is 37.8 Å². The first kappa shape index (κ1) is 12.8. The molecule has 0 radical (unpaired) electrons. The van der Waals surface area contributed by atoms with Gasteiger partial charge >= 0.3 is 0 Å². The summed E-state index contributed by atoms with van der Waals surface area (Å²) < 4.78 is 17.2. The molecule has 2 aliphatic heterocycles. The molecule has 4 unspecified atom stereocenters. The molecule has 0 bridgehead atoms. The van der Waals surface area contributed by atoms with Gasteiger partial charge in [0.1, 0.15) is 17.6 Å². The van der Waals surface area contributed by atoms with E-state index in [2.05, 4.69) is 6.92 Å². The molecule has 0 aromatic heterocycles. The van der Waals surface area contributed by atoms with Crippen molar-refractivity contribution in [2.45, 2.75) is 50.5 Å². The van der Waals surface area contributed by atoms with E-state index in [9.17, 15) is 0 Å².